The van der Waals surface area contributed by atoms with Gasteiger partial charge in [-0.25, -0.2) is 0 Å². The van der Waals surface area contributed by atoms with Gasteiger partial charge in [-0.15, -0.1) is 0 Å². The second-order valence-corrected chi connectivity index (χ2v) is 6.33. The summed E-state index contributed by atoms with van der Waals surface area (Å²) in [5.74, 6) is -0.663. The molecular weight excluding hydrogens is 346 g/mol. The van der Waals surface area contributed by atoms with Gasteiger partial charge in [-0.05, 0) is 29.7 Å². The van der Waals surface area contributed by atoms with Gasteiger partial charge in [-0.1, -0.05) is 44.2 Å². The number of nitrogens with one attached hydrogen (secondary N) is 2. The third kappa shape index (κ3) is 6.07. The van der Waals surface area contributed by atoms with Crippen LogP contribution in [0.25, 0.3) is 6.08 Å². The van der Waals surface area contributed by atoms with Crippen LogP contribution in [-0.2, 0) is 4.79 Å². The van der Waals surface area contributed by atoms with Crippen molar-refractivity contribution in [3.8, 4) is 0 Å². The molecule has 2 amide bonds. The van der Waals surface area contributed by atoms with E-state index in [0.717, 1.165) is 0 Å². The number of carbonyl (C=O) groups is 2. The van der Waals surface area contributed by atoms with Crippen LogP contribution >= 0.6 is 0 Å². The lowest BCUT2D eigenvalue weighted by Gasteiger charge is -2.12. The molecule has 0 heterocycles. The molecule has 2 N–H and O–H groups in total. The van der Waals surface area contributed by atoms with E-state index in [1.165, 1.54) is 24.3 Å². The van der Waals surface area contributed by atoms with Gasteiger partial charge in [0.15, 0.2) is 0 Å². The zero-order valence-corrected chi connectivity index (χ0v) is 15.1. The summed E-state index contributed by atoms with van der Waals surface area (Å²) in [5.41, 5.74) is 0.761. The van der Waals surface area contributed by atoms with E-state index >= 15 is 0 Å². The van der Waals surface area contributed by atoms with E-state index in [0.29, 0.717) is 17.7 Å². The van der Waals surface area contributed by atoms with Gasteiger partial charge in [0.1, 0.15) is 5.70 Å². The van der Waals surface area contributed by atoms with E-state index in [9.17, 15) is 19.7 Å². The van der Waals surface area contributed by atoms with Crippen LogP contribution in [0, 0.1) is 16.0 Å². The standard InChI is InChI=1S/C20H21N3O4/c1-14(2)13-21-20(25)18(22-19(24)16-8-4-3-5-9-16)12-15-7-6-10-17(11-15)23(26)27/h3-12,14H,13H2,1-2H3,(H,21,25)(H,22,24). The molecule has 0 aliphatic carbocycles. The van der Waals surface area contributed by atoms with Gasteiger partial charge < -0.3 is 10.6 Å². The molecule has 0 saturated heterocycles. The summed E-state index contributed by atoms with van der Waals surface area (Å²) in [7, 11) is 0. The third-order valence-electron chi connectivity index (χ3n) is 3.59. The molecule has 2 rings (SSSR count). The summed E-state index contributed by atoms with van der Waals surface area (Å²) >= 11 is 0. The molecule has 0 aliphatic rings. The molecule has 0 bridgehead atoms. The maximum absolute atomic E-state index is 12.5. The van der Waals surface area contributed by atoms with Crippen molar-refractivity contribution in [3.05, 3.63) is 81.5 Å². The Bertz CT molecular complexity index is 861. The highest BCUT2D eigenvalue weighted by molar-refractivity contribution is 6.05. The zero-order chi connectivity index (χ0) is 19.8. The van der Waals surface area contributed by atoms with Crippen LogP contribution in [0.2, 0.25) is 0 Å². The third-order valence-corrected chi connectivity index (χ3v) is 3.59. The predicted octanol–water partition coefficient (Wildman–Crippen LogP) is 3.14. The van der Waals surface area contributed by atoms with Gasteiger partial charge in [-0.3, -0.25) is 19.7 Å². The smallest absolute Gasteiger partial charge is 0.270 e. The van der Waals surface area contributed by atoms with Gasteiger partial charge in [-0.2, -0.15) is 0 Å². The monoisotopic (exact) mass is 367 g/mol. The van der Waals surface area contributed by atoms with Gasteiger partial charge in [0.05, 0.1) is 4.92 Å². The average molecular weight is 367 g/mol. The molecule has 0 radical (unpaired) electrons. The van der Waals surface area contributed by atoms with Gasteiger partial charge in [0.2, 0.25) is 0 Å². The lowest BCUT2D eigenvalue weighted by molar-refractivity contribution is -0.384. The van der Waals surface area contributed by atoms with Crippen LogP contribution in [0.4, 0.5) is 5.69 Å². The quantitative estimate of drug-likeness (QED) is 0.446. The highest BCUT2D eigenvalue weighted by atomic mass is 16.6. The molecule has 140 valence electrons. The van der Waals surface area contributed by atoms with Crippen molar-refractivity contribution < 1.29 is 14.5 Å². The minimum absolute atomic E-state index is 0.0185. The highest BCUT2D eigenvalue weighted by Crippen LogP contribution is 2.15. The summed E-state index contributed by atoms with van der Waals surface area (Å²) in [6.45, 7) is 4.34. The number of hydrogen-bond acceptors (Lipinski definition) is 4. The SMILES string of the molecule is CC(C)CNC(=O)C(=Cc1cccc([N+](=O)[O-])c1)NC(=O)c1ccccc1. The van der Waals surface area contributed by atoms with E-state index in [1.807, 2.05) is 13.8 Å². The second kappa shape index (κ2) is 9.28. The number of non-ortho nitro benzene ring substituents is 1. The molecule has 0 unspecified atom stereocenters. The molecule has 0 atom stereocenters. The summed E-state index contributed by atoms with van der Waals surface area (Å²) in [6, 6.07) is 14.3. The van der Waals surface area contributed by atoms with Gasteiger partial charge >= 0.3 is 0 Å². The predicted molar refractivity (Wildman–Crippen MR) is 103 cm³/mol. The van der Waals surface area contributed by atoms with Crippen molar-refractivity contribution in [2.45, 2.75) is 13.8 Å². The van der Waals surface area contributed by atoms with Gasteiger partial charge in [0, 0.05) is 24.2 Å². The molecule has 7 nitrogen and oxygen atoms in total. The molecule has 0 aromatic heterocycles. The van der Waals surface area contributed by atoms with Crippen LogP contribution in [0.1, 0.15) is 29.8 Å². The normalized spacial score (nSPS) is 11.1. The molecule has 27 heavy (non-hydrogen) atoms. The number of carbonyl (C=O) groups excluding carboxylic acids is 2. The van der Waals surface area contributed by atoms with Crippen molar-refractivity contribution in [2.24, 2.45) is 5.92 Å². The van der Waals surface area contributed by atoms with Crippen LogP contribution in [-0.4, -0.2) is 23.3 Å². The first kappa shape index (κ1) is 19.8. The van der Waals surface area contributed by atoms with E-state index in [-0.39, 0.29) is 17.3 Å². The van der Waals surface area contributed by atoms with Crippen LogP contribution in [0.15, 0.2) is 60.3 Å². The summed E-state index contributed by atoms with van der Waals surface area (Å²) in [5, 5.41) is 16.3. The number of hydrogen-bond donors (Lipinski definition) is 2. The van der Waals surface area contributed by atoms with Crippen LogP contribution < -0.4 is 10.6 Å². The van der Waals surface area contributed by atoms with E-state index < -0.39 is 16.7 Å². The molecule has 0 saturated carbocycles. The molecule has 0 fully saturated rings. The molecule has 0 aliphatic heterocycles. The highest BCUT2D eigenvalue weighted by Gasteiger charge is 2.15. The van der Waals surface area contributed by atoms with Crippen LogP contribution in [0.5, 0.6) is 0 Å². The Morgan fingerprint density at radius 2 is 1.81 bits per heavy atom. The number of benzene rings is 2. The molecule has 0 spiro atoms. The first-order valence-electron chi connectivity index (χ1n) is 8.47. The Morgan fingerprint density at radius 1 is 1.11 bits per heavy atom. The lowest BCUT2D eigenvalue weighted by atomic mass is 10.1. The molecule has 2 aromatic carbocycles. The number of nitrogens with zero attached hydrogens (tertiary/aromatic N) is 1. The summed E-state index contributed by atoms with van der Waals surface area (Å²) in [6.07, 6.45) is 1.42. The largest absolute Gasteiger partial charge is 0.351 e. The first-order valence-corrected chi connectivity index (χ1v) is 8.47. The molecule has 2 aromatic rings. The Morgan fingerprint density at radius 3 is 2.44 bits per heavy atom. The van der Waals surface area contributed by atoms with Crippen molar-refractivity contribution >= 4 is 23.6 Å². The fourth-order valence-electron chi connectivity index (χ4n) is 2.23. The number of amides is 2. The number of nitro groups is 1. The van der Waals surface area contributed by atoms with Crippen molar-refractivity contribution in [1.82, 2.24) is 10.6 Å². The second-order valence-electron chi connectivity index (χ2n) is 6.33. The van der Waals surface area contributed by atoms with Crippen molar-refractivity contribution in [2.75, 3.05) is 6.54 Å². The maximum atomic E-state index is 12.5. The first-order chi connectivity index (χ1) is 12.9. The Hall–Kier alpha value is -3.48. The summed E-state index contributed by atoms with van der Waals surface area (Å²) in [4.78, 5) is 35.4. The van der Waals surface area contributed by atoms with E-state index in [1.54, 1.807) is 36.4 Å². The Labute approximate surface area is 157 Å². The fourth-order valence-corrected chi connectivity index (χ4v) is 2.23. The van der Waals surface area contributed by atoms with Crippen molar-refractivity contribution in [1.29, 1.82) is 0 Å². The molecule has 7 heteroatoms. The Balaban J connectivity index is 2.31. The zero-order valence-electron chi connectivity index (χ0n) is 15.1. The minimum Gasteiger partial charge on any atom is -0.351 e. The number of rotatable bonds is 7. The van der Waals surface area contributed by atoms with Crippen LogP contribution in [0.3, 0.4) is 0 Å². The Kier molecular flexibility index (Phi) is 6.82. The number of nitro benzene ring substituents is 1. The van der Waals surface area contributed by atoms with Gasteiger partial charge in [0.25, 0.3) is 17.5 Å². The fraction of sp³-hybridized carbons (Fsp3) is 0.200. The molecular formula is C20H21N3O4. The topological polar surface area (TPSA) is 101 Å². The van der Waals surface area contributed by atoms with E-state index in [4.69, 9.17) is 0 Å². The summed E-state index contributed by atoms with van der Waals surface area (Å²) < 4.78 is 0. The maximum Gasteiger partial charge on any atom is 0.270 e. The van der Waals surface area contributed by atoms with Crippen molar-refractivity contribution in [3.63, 3.8) is 0 Å². The average Bonchev–Trinajstić information content (AvgIpc) is 2.66. The lowest BCUT2D eigenvalue weighted by Crippen LogP contribution is -2.36. The van der Waals surface area contributed by atoms with E-state index in [2.05, 4.69) is 10.6 Å². The minimum atomic E-state index is -0.515.